The van der Waals surface area contributed by atoms with Crippen LogP contribution in [0.4, 0.5) is 0 Å². The van der Waals surface area contributed by atoms with Gasteiger partial charge < -0.3 is 22.3 Å². The van der Waals surface area contributed by atoms with Crippen molar-refractivity contribution in [2.24, 2.45) is 0 Å². The third kappa shape index (κ3) is 4.96. The minimum absolute atomic E-state index is 0. The lowest BCUT2D eigenvalue weighted by molar-refractivity contribution is -0.694. The minimum Gasteiger partial charge on any atom is -1.00 e. The summed E-state index contributed by atoms with van der Waals surface area (Å²) in [6.45, 7) is 15.1. The summed E-state index contributed by atoms with van der Waals surface area (Å²) in [6, 6.07) is 4.49. The quantitative estimate of drug-likeness (QED) is 0.761. The fraction of sp³-hybridized carbons (Fsp3) is 0.500. The van der Waals surface area contributed by atoms with Crippen molar-refractivity contribution in [3.63, 3.8) is 0 Å². The van der Waals surface area contributed by atoms with Gasteiger partial charge in [0.05, 0.1) is 0 Å². The van der Waals surface area contributed by atoms with Gasteiger partial charge in [0.1, 0.15) is 24.6 Å². The van der Waals surface area contributed by atoms with Gasteiger partial charge in [-0.3, -0.25) is 0 Å². The average molecular weight is 366 g/mol. The van der Waals surface area contributed by atoms with Crippen molar-refractivity contribution in [3.8, 4) is 5.69 Å². The molecule has 0 atom stereocenters. The molecule has 0 spiro atoms. The highest BCUT2D eigenvalue weighted by Gasteiger charge is 2.13. The van der Waals surface area contributed by atoms with E-state index in [-0.39, 0.29) is 22.5 Å². The van der Waals surface area contributed by atoms with Crippen molar-refractivity contribution < 1.29 is 21.5 Å². The van der Waals surface area contributed by atoms with E-state index in [1.807, 2.05) is 0 Å². The second kappa shape index (κ2) is 7.42. The largest absolute Gasteiger partial charge is 1.00 e. The van der Waals surface area contributed by atoms with E-state index in [1.165, 1.54) is 22.4 Å². The molecule has 0 fully saturated rings. The number of hydrogen-bond donors (Lipinski definition) is 1. The molecular formula is C18H28BrN3. The molecule has 2 aromatic rings. The summed E-state index contributed by atoms with van der Waals surface area (Å²) in [5, 5.41) is 3.52. The molecule has 0 radical (unpaired) electrons. The van der Waals surface area contributed by atoms with Crippen LogP contribution in [0.3, 0.4) is 0 Å². The highest BCUT2D eigenvalue weighted by atomic mass is 79.9. The van der Waals surface area contributed by atoms with Crippen molar-refractivity contribution in [1.29, 1.82) is 0 Å². The third-order valence-corrected chi connectivity index (χ3v) is 3.61. The van der Waals surface area contributed by atoms with E-state index in [2.05, 4.69) is 86.8 Å². The van der Waals surface area contributed by atoms with E-state index in [9.17, 15) is 0 Å². The number of imidazole rings is 1. The molecule has 22 heavy (non-hydrogen) atoms. The number of hydrogen-bond acceptors (Lipinski definition) is 1. The molecule has 122 valence electrons. The Morgan fingerprint density at radius 3 is 2.23 bits per heavy atom. The molecule has 0 saturated carbocycles. The smallest absolute Gasteiger partial charge is 0.249 e. The Kier molecular flexibility index (Phi) is 6.38. The van der Waals surface area contributed by atoms with Crippen LogP contribution in [0.2, 0.25) is 0 Å². The Balaban J connectivity index is 0.00000242. The summed E-state index contributed by atoms with van der Waals surface area (Å²) in [7, 11) is 0. The van der Waals surface area contributed by atoms with Crippen LogP contribution >= 0.6 is 0 Å². The molecule has 1 N–H and O–H groups in total. The second-order valence-electron chi connectivity index (χ2n) is 6.98. The second-order valence-corrected chi connectivity index (χ2v) is 6.98. The van der Waals surface area contributed by atoms with Gasteiger partial charge in [0, 0.05) is 12.1 Å². The van der Waals surface area contributed by atoms with Crippen LogP contribution in [0.15, 0.2) is 30.9 Å². The SMILES string of the molecule is Cc1cc(C)c(-n2cc[n+](CCNC(C)(C)C)c2)c(C)c1.[Br-]. The topological polar surface area (TPSA) is 20.8 Å². The van der Waals surface area contributed by atoms with E-state index in [0.717, 1.165) is 13.1 Å². The monoisotopic (exact) mass is 365 g/mol. The first-order chi connectivity index (χ1) is 9.76. The molecule has 0 amide bonds. The molecule has 0 aliphatic heterocycles. The summed E-state index contributed by atoms with van der Waals surface area (Å²) in [5.41, 5.74) is 5.44. The lowest BCUT2D eigenvalue weighted by Crippen LogP contribution is -3.00. The van der Waals surface area contributed by atoms with Crippen molar-refractivity contribution in [2.75, 3.05) is 6.54 Å². The van der Waals surface area contributed by atoms with Crippen LogP contribution in [-0.4, -0.2) is 16.7 Å². The van der Waals surface area contributed by atoms with Gasteiger partial charge in [-0.15, -0.1) is 0 Å². The van der Waals surface area contributed by atoms with E-state index in [0.29, 0.717) is 0 Å². The summed E-state index contributed by atoms with van der Waals surface area (Å²) in [4.78, 5) is 0. The predicted octanol–water partition coefficient (Wildman–Crippen LogP) is 0.0822. The fourth-order valence-electron chi connectivity index (χ4n) is 2.80. The Morgan fingerprint density at radius 1 is 1.09 bits per heavy atom. The predicted molar refractivity (Wildman–Crippen MR) is 87.9 cm³/mol. The Hall–Kier alpha value is -1.13. The lowest BCUT2D eigenvalue weighted by atomic mass is 10.1. The van der Waals surface area contributed by atoms with Crippen LogP contribution in [0, 0.1) is 20.8 Å². The van der Waals surface area contributed by atoms with Gasteiger partial charge in [0.15, 0.2) is 0 Å². The lowest BCUT2D eigenvalue weighted by Gasteiger charge is -2.19. The van der Waals surface area contributed by atoms with Crippen LogP contribution in [0.5, 0.6) is 0 Å². The maximum atomic E-state index is 3.52. The van der Waals surface area contributed by atoms with E-state index in [1.54, 1.807) is 0 Å². The molecular weight excluding hydrogens is 338 g/mol. The molecule has 0 aliphatic rings. The average Bonchev–Trinajstić information content (AvgIpc) is 2.74. The first-order valence-electron chi connectivity index (χ1n) is 7.66. The van der Waals surface area contributed by atoms with Crippen LogP contribution < -0.4 is 26.9 Å². The fourth-order valence-corrected chi connectivity index (χ4v) is 2.80. The highest BCUT2D eigenvalue weighted by Crippen LogP contribution is 2.20. The highest BCUT2D eigenvalue weighted by molar-refractivity contribution is 5.48. The van der Waals surface area contributed by atoms with E-state index < -0.39 is 0 Å². The first-order valence-corrected chi connectivity index (χ1v) is 7.66. The minimum atomic E-state index is 0. The Labute approximate surface area is 145 Å². The number of halogens is 1. The van der Waals surface area contributed by atoms with Crippen molar-refractivity contribution >= 4 is 0 Å². The van der Waals surface area contributed by atoms with Gasteiger partial charge in [-0.05, 0) is 52.7 Å². The standard InChI is InChI=1S/C18H28N3.BrH/c1-14-11-15(2)17(16(3)12-14)21-10-9-20(13-21)8-7-19-18(4,5)6;/h9-13,19H,7-8H2,1-6H3;1H/q+1;/p-1. The molecule has 1 heterocycles. The number of benzene rings is 1. The zero-order chi connectivity index (χ0) is 15.6. The van der Waals surface area contributed by atoms with Crippen LogP contribution in [0.25, 0.3) is 5.69 Å². The van der Waals surface area contributed by atoms with Gasteiger partial charge in [-0.1, -0.05) is 17.7 Å². The number of nitrogens with one attached hydrogen (secondary N) is 1. The molecule has 0 bridgehead atoms. The number of aromatic nitrogens is 2. The summed E-state index contributed by atoms with van der Waals surface area (Å²) in [6.07, 6.45) is 6.46. The molecule has 3 nitrogen and oxygen atoms in total. The molecule has 1 aromatic carbocycles. The van der Waals surface area contributed by atoms with Crippen LogP contribution in [-0.2, 0) is 6.54 Å². The van der Waals surface area contributed by atoms with Gasteiger partial charge in [0.25, 0.3) is 0 Å². The number of nitrogens with zero attached hydrogens (tertiary/aromatic N) is 2. The summed E-state index contributed by atoms with van der Waals surface area (Å²) >= 11 is 0. The van der Waals surface area contributed by atoms with Crippen LogP contribution in [0.1, 0.15) is 37.5 Å². The maximum Gasteiger partial charge on any atom is 0.249 e. The van der Waals surface area contributed by atoms with Crippen molar-refractivity contribution in [1.82, 2.24) is 9.88 Å². The van der Waals surface area contributed by atoms with Crippen molar-refractivity contribution in [2.45, 2.75) is 53.6 Å². The molecule has 0 unspecified atom stereocenters. The van der Waals surface area contributed by atoms with E-state index >= 15 is 0 Å². The molecule has 1 aromatic heterocycles. The Bertz CT molecular complexity index is 600. The van der Waals surface area contributed by atoms with Gasteiger partial charge in [-0.25, -0.2) is 9.13 Å². The molecule has 0 aliphatic carbocycles. The first kappa shape index (κ1) is 18.9. The maximum absolute atomic E-state index is 3.52. The zero-order valence-electron chi connectivity index (χ0n) is 14.6. The zero-order valence-corrected chi connectivity index (χ0v) is 16.2. The van der Waals surface area contributed by atoms with Crippen molar-refractivity contribution in [3.05, 3.63) is 47.5 Å². The van der Waals surface area contributed by atoms with Gasteiger partial charge >= 0.3 is 0 Å². The molecule has 0 saturated heterocycles. The summed E-state index contributed by atoms with van der Waals surface area (Å²) < 4.78 is 4.46. The summed E-state index contributed by atoms with van der Waals surface area (Å²) in [5.74, 6) is 0. The molecule has 2 rings (SSSR count). The third-order valence-electron chi connectivity index (χ3n) is 3.61. The normalized spacial score (nSPS) is 11.4. The number of aryl methyl sites for hydroxylation is 3. The van der Waals surface area contributed by atoms with Gasteiger partial charge in [-0.2, -0.15) is 0 Å². The Morgan fingerprint density at radius 2 is 1.68 bits per heavy atom. The van der Waals surface area contributed by atoms with E-state index in [4.69, 9.17) is 0 Å². The molecule has 4 heteroatoms. The van der Waals surface area contributed by atoms with Gasteiger partial charge in [0.2, 0.25) is 6.33 Å². The number of rotatable bonds is 4.